The molecule has 0 aliphatic carbocycles. The lowest BCUT2D eigenvalue weighted by Gasteiger charge is -2.44. The highest BCUT2D eigenvalue weighted by Gasteiger charge is 2.52. The Labute approximate surface area is 386 Å². The van der Waals surface area contributed by atoms with E-state index in [0.29, 0.717) is 18.4 Å². The summed E-state index contributed by atoms with van der Waals surface area (Å²) >= 11 is 0. The minimum Gasteiger partial charge on any atom is -0.508 e. The average molecular weight is 927 g/mol. The quantitative estimate of drug-likeness (QED) is 0.131. The third-order valence-electron chi connectivity index (χ3n) is 13.1. The van der Waals surface area contributed by atoms with E-state index in [1.165, 1.54) is 31.0 Å². The van der Waals surface area contributed by atoms with E-state index in [2.05, 4.69) is 21.3 Å². The first-order valence-corrected chi connectivity index (χ1v) is 23.0. The molecular formula is C46H70N8O12. The number of esters is 1. The van der Waals surface area contributed by atoms with Crippen molar-refractivity contribution in [3.8, 4) is 5.75 Å². The van der Waals surface area contributed by atoms with Crippen molar-refractivity contribution in [2.75, 3.05) is 13.6 Å². The topological polar surface area (TPSA) is 287 Å². The summed E-state index contributed by atoms with van der Waals surface area (Å²) in [7, 11) is 1.39. The summed E-state index contributed by atoms with van der Waals surface area (Å²) in [5, 5.41) is 32.3. The van der Waals surface area contributed by atoms with Crippen LogP contribution in [-0.2, 0) is 54.3 Å². The molecule has 3 saturated heterocycles. The molecule has 3 aliphatic rings. The van der Waals surface area contributed by atoms with Gasteiger partial charge >= 0.3 is 5.97 Å². The third kappa shape index (κ3) is 12.8. The molecule has 3 heterocycles. The molecule has 366 valence electrons. The molecule has 0 saturated carbocycles. The molecule has 20 heteroatoms. The maximum Gasteiger partial charge on any atom is 0.329 e. The van der Waals surface area contributed by atoms with Crippen LogP contribution < -0.4 is 27.0 Å². The van der Waals surface area contributed by atoms with Crippen LogP contribution in [0.1, 0.15) is 106 Å². The number of phenols is 1. The Balaban J connectivity index is 1.93. The molecule has 2 bridgehead atoms. The first kappa shape index (κ1) is 52.8. The van der Waals surface area contributed by atoms with E-state index in [4.69, 9.17) is 10.5 Å². The number of aliphatic hydroxyl groups is 1. The number of likely N-dealkylation sites (tertiary alicyclic amines) is 1. The highest BCUT2D eigenvalue weighted by atomic mass is 16.5. The summed E-state index contributed by atoms with van der Waals surface area (Å²) in [6.07, 6.45) is -2.68. The van der Waals surface area contributed by atoms with E-state index in [1.54, 1.807) is 46.8 Å². The van der Waals surface area contributed by atoms with Crippen LogP contribution >= 0.6 is 0 Å². The highest BCUT2D eigenvalue weighted by molar-refractivity contribution is 5.98. The standard InChI is InChI=1S/C46H70N8O12/c1-10-24(5)36-46(65)66-39-26(7)22-53(43(62)30(48-27(8)55)16-18-34(47)57)38(39)42(61)50-32(20-23(3)4)40(59)49-31-17-19-35(58)54(44(31)63)37(25(6)11-2)45(64)52(9)33(41(60)51-36)21-28-12-14-29(56)15-13-28/h12-15,23-26,30-33,35-39,56,58H,10-11,16-22H2,1-9H3,(H2,47,57)(H,48,55)(H,49,59)(H,50,61)(H,51,60). The number of piperidine rings is 1. The van der Waals surface area contributed by atoms with Gasteiger partial charge in [0.25, 0.3) is 0 Å². The molecule has 12 atom stereocenters. The molecule has 1 aromatic rings. The van der Waals surface area contributed by atoms with Gasteiger partial charge in [-0.15, -0.1) is 0 Å². The molecule has 3 fully saturated rings. The third-order valence-corrected chi connectivity index (χ3v) is 13.1. The molecule has 0 spiro atoms. The summed E-state index contributed by atoms with van der Waals surface area (Å²) < 4.78 is 6.19. The number of carbonyl (C=O) groups excluding carboxylic acids is 9. The molecule has 8 amide bonds. The smallest absolute Gasteiger partial charge is 0.329 e. The lowest BCUT2D eigenvalue weighted by Crippen LogP contribution is -2.66. The van der Waals surface area contributed by atoms with Crippen LogP contribution in [0.15, 0.2) is 24.3 Å². The minimum absolute atomic E-state index is 0.0129. The Morgan fingerprint density at radius 1 is 0.894 bits per heavy atom. The maximum absolute atomic E-state index is 14.9. The SMILES string of the molecule is CCC(C)C1NC(=O)C(Cc2ccc(O)cc2)N(C)C(=O)C(C(C)CC)N2C(=O)C(CCC2O)NC(=O)C(CC(C)C)NC(=O)C2C(OC1=O)C(C)CN2C(=O)C(CCC(N)=O)NC(C)=O. The first-order chi connectivity index (χ1) is 31.0. The number of ether oxygens (including phenoxy) is 1. The summed E-state index contributed by atoms with van der Waals surface area (Å²) in [4.78, 5) is 130. The van der Waals surface area contributed by atoms with Gasteiger partial charge in [-0.3, -0.25) is 38.4 Å². The van der Waals surface area contributed by atoms with E-state index < -0.39 is 126 Å². The van der Waals surface area contributed by atoms with E-state index in [0.717, 1.165) is 9.80 Å². The average Bonchev–Trinajstić information content (AvgIpc) is 3.58. The Morgan fingerprint density at radius 2 is 1.53 bits per heavy atom. The van der Waals surface area contributed by atoms with Gasteiger partial charge in [0.05, 0.1) is 0 Å². The zero-order valence-electron chi connectivity index (χ0n) is 39.6. The monoisotopic (exact) mass is 927 g/mol. The normalized spacial score (nSPS) is 28.4. The van der Waals surface area contributed by atoms with Crippen LogP contribution in [-0.4, -0.2) is 146 Å². The number of amides is 8. The van der Waals surface area contributed by atoms with Crippen LogP contribution in [0.3, 0.4) is 0 Å². The largest absolute Gasteiger partial charge is 0.508 e. The second kappa shape index (κ2) is 23.1. The zero-order valence-corrected chi connectivity index (χ0v) is 39.6. The highest BCUT2D eigenvalue weighted by Crippen LogP contribution is 2.31. The number of primary amides is 1. The van der Waals surface area contributed by atoms with Crippen LogP contribution in [0, 0.1) is 23.7 Å². The molecule has 0 radical (unpaired) electrons. The zero-order chi connectivity index (χ0) is 49.3. The first-order valence-electron chi connectivity index (χ1n) is 23.0. The molecule has 0 aromatic heterocycles. The molecule has 20 nitrogen and oxygen atoms in total. The Morgan fingerprint density at radius 3 is 2.11 bits per heavy atom. The van der Waals surface area contributed by atoms with Crippen molar-refractivity contribution in [3.05, 3.63) is 29.8 Å². The predicted octanol–water partition coefficient (Wildman–Crippen LogP) is 0.206. The van der Waals surface area contributed by atoms with Crippen molar-refractivity contribution in [3.63, 3.8) is 0 Å². The van der Waals surface area contributed by atoms with Crippen molar-refractivity contribution in [1.29, 1.82) is 0 Å². The number of likely N-dealkylation sites (N-methyl/N-ethyl adjacent to an activating group) is 1. The number of hydrogen-bond donors (Lipinski definition) is 7. The summed E-state index contributed by atoms with van der Waals surface area (Å²) in [5.74, 6) is -9.06. The number of aromatic hydroxyl groups is 1. The maximum atomic E-state index is 14.9. The van der Waals surface area contributed by atoms with Crippen LogP contribution in [0.4, 0.5) is 0 Å². The van der Waals surface area contributed by atoms with Gasteiger partial charge in [0.2, 0.25) is 47.3 Å². The number of benzene rings is 1. The number of nitrogens with one attached hydrogen (secondary N) is 4. The van der Waals surface area contributed by atoms with Gasteiger partial charge in [0, 0.05) is 39.3 Å². The second-order valence-corrected chi connectivity index (χ2v) is 18.7. The fourth-order valence-corrected chi connectivity index (χ4v) is 8.91. The summed E-state index contributed by atoms with van der Waals surface area (Å²) in [6, 6.07) is -3.48. The lowest BCUT2D eigenvalue weighted by molar-refractivity contribution is -0.168. The number of aliphatic hydroxyl groups excluding tert-OH is 1. The number of hydrogen-bond acceptors (Lipinski definition) is 12. The predicted molar refractivity (Wildman–Crippen MR) is 239 cm³/mol. The molecule has 1 aromatic carbocycles. The van der Waals surface area contributed by atoms with E-state index in [1.807, 2.05) is 13.8 Å². The van der Waals surface area contributed by atoms with Crippen molar-refractivity contribution in [2.24, 2.45) is 29.4 Å². The number of rotatable bonds is 13. The van der Waals surface area contributed by atoms with Crippen molar-refractivity contribution >= 4 is 53.2 Å². The summed E-state index contributed by atoms with van der Waals surface area (Å²) in [5.41, 5.74) is 5.93. The van der Waals surface area contributed by atoms with Crippen LogP contribution in [0.2, 0.25) is 0 Å². The lowest BCUT2D eigenvalue weighted by atomic mass is 9.91. The van der Waals surface area contributed by atoms with Gasteiger partial charge in [-0.1, -0.05) is 73.4 Å². The molecular weight excluding hydrogens is 857 g/mol. The molecule has 4 rings (SSSR count). The van der Waals surface area contributed by atoms with Crippen molar-refractivity contribution < 1.29 is 58.1 Å². The van der Waals surface area contributed by atoms with Crippen molar-refractivity contribution in [2.45, 2.75) is 161 Å². The number of phenolic OH excluding ortho intramolecular Hbond substituents is 1. The Kier molecular flexibility index (Phi) is 18.5. The van der Waals surface area contributed by atoms with Crippen molar-refractivity contribution in [1.82, 2.24) is 36.0 Å². The van der Waals surface area contributed by atoms with Gasteiger partial charge in [-0.05, 0) is 61.1 Å². The number of nitrogens with two attached hydrogens (primary N) is 1. The van der Waals surface area contributed by atoms with Gasteiger partial charge in [0.1, 0.15) is 60.4 Å². The van der Waals surface area contributed by atoms with Crippen LogP contribution in [0.5, 0.6) is 5.75 Å². The van der Waals surface area contributed by atoms with Gasteiger partial charge in [0.15, 0.2) is 0 Å². The van der Waals surface area contributed by atoms with E-state index in [-0.39, 0.29) is 56.7 Å². The van der Waals surface area contributed by atoms with E-state index in [9.17, 15) is 53.4 Å². The van der Waals surface area contributed by atoms with E-state index >= 15 is 0 Å². The fraction of sp³-hybridized carbons (Fsp3) is 0.674. The molecule has 3 aliphatic heterocycles. The number of nitrogens with zero attached hydrogens (tertiary/aromatic N) is 3. The van der Waals surface area contributed by atoms with Gasteiger partial charge in [-0.2, -0.15) is 0 Å². The van der Waals surface area contributed by atoms with Crippen LogP contribution in [0.25, 0.3) is 0 Å². The minimum atomic E-state index is -1.59. The van der Waals surface area contributed by atoms with Gasteiger partial charge < -0.3 is 56.7 Å². The second-order valence-electron chi connectivity index (χ2n) is 18.7. The molecule has 66 heavy (non-hydrogen) atoms. The number of carbonyl (C=O) groups is 9. The fourth-order valence-electron chi connectivity index (χ4n) is 8.91. The Bertz CT molecular complexity index is 1960. The Hall–Kier alpha value is -5.79. The molecule has 8 N–H and O–H groups in total. The number of fused-ring (bicyclic) bond motifs is 3. The molecule has 12 unspecified atom stereocenters. The summed E-state index contributed by atoms with van der Waals surface area (Å²) in [6.45, 7) is 13.3. The van der Waals surface area contributed by atoms with Gasteiger partial charge in [-0.25, -0.2) is 4.79 Å².